The first-order valence-electron chi connectivity index (χ1n) is 8.76. The summed E-state index contributed by atoms with van der Waals surface area (Å²) in [6, 6.07) is 9.90. The lowest BCUT2D eigenvalue weighted by Gasteiger charge is -2.18. The summed E-state index contributed by atoms with van der Waals surface area (Å²) < 4.78 is 11.0. The molecule has 0 heterocycles. The number of rotatable bonds is 8. The SMILES string of the molecule is CCOc1ccc(NC(=O)CN(C)C(=O)c2cccc(Cl)c2Cl)cc1OCC. The molecule has 0 atom stereocenters. The molecule has 2 amide bonds. The van der Waals surface area contributed by atoms with Crippen molar-refractivity contribution < 1.29 is 19.1 Å². The van der Waals surface area contributed by atoms with E-state index in [1.165, 1.54) is 11.9 Å². The third kappa shape index (κ3) is 5.53. The predicted molar refractivity (Wildman–Crippen MR) is 111 cm³/mol. The van der Waals surface area contributed by atoms with Crippen LogP contribution in [0.2, 0.25) is 10.0 Å². The fourth-order valence-corrected chi connectivity index (χ4v) is 2.87. The van der Waals surface area contributed by atoms with E-state index in [1.807, 2.05) is 13.8 Å². The van der Waals surface area contributed by atoms with Gasteiger partial charge in [0, 0.05) is 18.8 Å². The number of hydrogen-bond acceptors (Lipinski definition) is 4. The van der Waals surface area contributed by atoms with Gasteiger partial charge in [-0.25, -0.2) is 0 Å². The van der Waals surface area contributed by atoms with E-state index in [9.17, 15) is 9.59 Å². The molecule has 2 rings (SSSR count). The van der Waals surface area contributed by atoms with Crippen LogP contribution in [0, 0.1) is 0 Å². The van der Waals surface area contributed by atoms with E-state index in [0.29, 0.717) is 30.4 Å². The summed E-state index contributed by atoms with van der Waals surface area (Å²) >= 11 is 12.0. The number of ether oxygens (including phenoxy) is 2. The number of likely N-dealkylation sites (N-methyl/N-ethyl adjacent to an activating group) is 1. The second-order valence-corrected chi connectivity index (χ2v) is 6.62. The number of benzene rings is 2. The molecule has 28 heavy (non-hydrogen) atoms. The number of nitrogens with zero attached hydrogens (tertiary/aromatic N) is 1. The van der Waals surface area contributed by atoms with Crippen molar-refractivity contribution in [2.45, 2.75) is 13.8 Å². The van der Waals surface area contributed by atoms with Gasteiger partial charge in [0.15, 0.2) is 11.5 Å². The van der Waals surface area contributed by atoms with E-state index in [0.717, 1.165) is 0 Å². The standard InChI is InChI=1S/C20H22Cl2N2O4/c1-4-27-16-10-9-13(11-17(16)28-5-2)23-18(25)12-24(3)20(26)14-7-6-8-15(21)19(14)22/h6-11H,4-5,12H2,1-3H3,(H,23,25). The predicted octanol–water partition coefficient (Wildman–Crippen LogP) is 4.50. The Morgan fingerprint density at radius 1 is 1.04 bits per heavy atom. The van der Waals surface area contributed by atoms with Crippen molar-refractivity contribution in [3.8, 4) is 11.5 Å². The summed E-state index contributed by atoms with van der Waals surface area (Å²) in [6.45, 7) is 4.56. The lowest BCUT2D eigenvalue weighted by Crippen LogP contribution is -2.35. The van der Waals surface area contributed by atoms with Crippen LogP contribution in [0.4, 0.5) is 5.69 Å². The molecule has 0 unspecified atom stereocenters. The number of hydrogen-bond donors (Lipinski definition) is 1. The Bertz CT molecular complexity index is 858. The summed E-state index contributed by atoms with van der Waals surface area (Å²) in [5.74, 6) is 0.382. The largest absolute Gasteiger partial charge is 0.490 e. The van der Waals surface area contributed by atoms with Gasteiger partial charge in [-0.2, -0.15) is 0 Å². The van der Waals surface area contributed by atoms with Gasteiger partial charge >= 0.3 is 0 Å². The Hall–Kier alpha value is -2.44. The first-order chi connectivity index (χ1) is 13.4. The van der Waals surface area contributed by atoms with Crippen LogP contribution in [0.5, 0.6) is 11.5 Å². The van der Waals surface area contributed by atoms with E-state index >= 15 is 0 Å². The second-order valence-electron chi connectivity index (χ2n) is 5.84. The van der Waals surface area contributed by atoms with Gasteiger partial charge < -0.3 is 19.7 Å². The third-order valence-electron chi connectivity index (χ3n) is 3.74. The average Bonchev–Trinajstić information content (AvgIpc) is 2.65. The van der Waals surface area contributed by atoms with E-state index < -0.39 is 5.91 Å². The summed E-state index contributed by atoms with van der Waals surface area (Å²) in [6.07, 6.45) is 0. The number of anilines is 1. The van der Waals surface area contributed by atoms with Crippen molar-refractivity contribution in [1.82, 2.24) is 4.90 Å². The summed E-state index contributed by atoms with van der Waals surface area (Å²) in [7, 11) is 1.52. The zero-order valence-corrected chi connectivity index (χ0v) is 17.4. The molecule has 2 aromatic carbocycles. The van der Waals surface area contributed by atoms with Gasteiger partial charge in [0.25, 0.3) is 5.91 Å². The van der Waals surface area contributed by atoms with Crippen LogP contribution >= 0.6 is 23.2 Å². The van der Waals surface area contributed by atoms with E-state index in [2.05, 4.69) is 5.32 Å². The molecular weight excluding hydrogens is 403 g/mol. The molecule has 2 aromatic rings. The molecular formula is C20H22Cl2N2O4. The molecule has 1 N–H and O–H groups in total. The Morgan fingerprint density at radius 3 is 2.39 bits per heavy atom. The van der Waals surface area contributed by atoms with Gasteiger partial charge in [-0.15, -0.1) is 0 Å². The van der Waals surface area contributed by atoms with Gasteiger partial charge in [0.2, 0.25) is 5.91 Å². The minimum Gasteiger partial charge on any atom is -0.490 e. The Labute approximate surface area is 174 Å². The van der Waals surface area contributed by atoms with Gasteiger partial charge in [0.05, 0.1) is 35.4 Å². The van der Waals surface area contributed by atoms with Crippen LogP contribution in [0.3, 0.4) is 0 Å². The lowest BCUT2D eigenvalue weighted by atomic mass is 10.2. The lowest BCUT2D eigenvalue weighted by molar-refractivity contribution is -0.116. The molecule has 8 heteroatoms. The van der Waals surface area contributed by atoms with Crippen LogP contribution in [-0.2, 0) is 4.79 Å². The van der Waals surface area contributed by atoms with Crippen molar-refractivity contribution in [3.05, 3.63) is 52.0 Å². The quantitative estimate of drug-likeness (QED) is 0.676. The first kappa shape index (κ1) is 21.9. The van der Waals surface area contributed by atoms with Crippen molar-refractivity contribution in [2.24, 2.45) is 0 Å². The Kier molecular flexibility index (Phi) is 7.96. The Balaban J connectivity index is 2.05. The molecule has 0 bridgehead atoms. The second kappa shape index (κ2) is 10.2. The highest BCUT2D eigenvalue weighted by Crippen LogP contribution is 2.30. The van der Waals surface area contributed by atoms with Crippen LogP contribution < -0.4 is 14.8 Å². The molecule has 6 nitrogen and oxygen atoms in total. The summed E-state index contributed by atoms with van der Waals surface area (Å²) in [5, 5.41) is 3.19. The van der Waals surface area contributed by atoms with Crippen LogP contribution in [-0.4, -0.2) is 43.5 Å². The molecule has 0 spiro atoms. The first-order valence-corrected chi connectivity index (χ1v) is 9.51. The number of amides is 2. The van der Waals surface area contributed by atoms with Crippen molar-refractivity contribution >= 4 is 40.7 Å². The highest BCUT2D eigenvalue weighted by molar-refractivity contribution is 6.43. The monoisotopic (exact) mass is 424 g/mol. The number of carbonyl (C=O) groups is 2. The van der Waals surface area contributed by atoms with Gasteiger partial charge in [-0.05, 0) is 38.1 Å². The zero-order valence-electron chi connectivity index (χ0n) is 15.9. The van der Waals surface area contributed by atoms with E-state index in [4.69, 9.17) is 32.7 Å². The average molecular weight is 425 g/mol. The van der Waals surface area contributed by atoms with Gasteiger partial charge in [-0.1, -0.05) is 29.3 Å². The highest BCUT2D eigenvalue weighted by atomic mass is 35.5. The molecule has 0 saturated heterocycles. The smallest absolute Gasteiger partial charge is 0.255 e. The fourth-order valence-electron chi connectivity index (χ4n) is 2.49. The van der Waals surface area contributed by atoms with Crippen molar-refractivity contribution in [2.75, 3.05) is 32.1 Å². The molecule has 0 fully saturated rings. The fraction of sp³-hybridized carbons (Fsp3) is 0.300. The molecule has 0 aromatic heterocycles. The maximum absolute atomic E-state index is 12.5. The summed E-state index contributed by atoms with van der Waals surface area (Å²) in [5.41, 5.74) is 0.780. The van der Waals surface area contributed by atoms with E-state index in [1.54, 1.807) is 36.4 Å². The Morgan fingerprint density at radius 2 is 1.71 bits per heavy atom. The van der Waals surface area contributed by atoms with Crippen molar-refractivity contribution in [3.63, 3.8) is 0 Å². The zero-order chi connectivity index (χ0) is 20.7. The molecule has 0 aliphatic carbocycles. The van der Waals surface area contributed by atoms with Crippen LogP contribution in [0.1, 0.15) is 24.2 Å². The topological polar surface area (TPSA) is 67.9 Å². The maximum atomic E-state index is 12.5. The van der Waals surface area contributed by atoms with E-state index in [-0.39, 0.29) is 28.1 Å². The number of halogens is 2. The normalized spacial score (nSPS) is 10.3. The van der Waals surface area contributed by atoms with Crippen molar-refractivity contribution in [1.29, 1.82) is 0 Å². The summed E-state index contributed by atoms with van der Waals surface area (Å²) in [4.78, 5) is 26.2. The number of carbonyl (C=O) groups excluding carboxylic acids is 2. The van der Waals surface area contributed by atoms with Crippen LogP contribution in [0.15, 0.2) is 36.4 Å². The molecule has 0 radical (unpaired) electrons. The third-order valence-corrected chi connectivity index (χ3v) is 4.56. The minimum absolute atomic E-state index is 0.154. The molecule has 0 aliphatic rings. The van der Waals surface area contributed by atoms with Gasteiger partial charge in [0.1, 0.15) is 0 Å². The number of nitrogens with one attached hydrogen (secondary N) is 1. The molecule has 150 valence electrons. The molecule has 0 aliphatic heterocycles. The molecule has 0 saturated carbocycles. The minimum atomic E-state index is -0.399. The van der Waals surface area contributed by atoms with Gasteiger partial charge in [-0.3, -0.25) is 9.59 Å². The van der Waals surface area contributed by atoms with Crippen LogP contribution in [0.25, 0.3) is 0 Å². The maximum Gasteiger partial charge on any atom is 0.255 e. The highest BCUT2D eigenvalue weighted by Gasteiger charge is 2.19.